The lowest BCUT2D eigenvalue weighted by atomic mass is 10.0. The average Bonchev–Trinajstić information content (AvgIpc) is 2.40. The van der Waals surface area contributed by atoms with Crippen molar-refractivity contribution in [3.8, 4) is 0 Å². The van der Waals surface area contributed by atoms with Crippen LogP contribution in [0.2, 0.25) is 0 Å². The van der Waals surface area contributed by atoms with Crippen molar-refractivity contribution >= 4 is 39.9 Å². The zero-order valence-electron chi connectivity index (χ0n) is 10.8. The number of nitrogens with two attached hydrogens (primary N) is 1. The number of benzene rings is 1. The maximum absolute atomic E-state index is 5.51. The normalized spacial score (nSPS) is 10.6. The third-order valence-electron chi connectivity index (χ3n) is 2.72. The van der Waals surface area contributed by atoms with Gasteiger partial charge in [-0.3, -0.25) is 0 Å². The van der Waals surface area contributed by atoms with Gasteiger partial charge in [-0.05, 0) is 40.6 Å². The van der Waals surface area contributed by atoms with Crippen molar-refractivity contribution in [2.75, 3.05) is 10.7 Å². The molecule has 5 nitrogen and oxygen atoms in total. The summed E-state index contributed by atoms with van der Waals surface area (Å²) in [4.78, 5) is 8.48. The Morgan fingerprint density at radius 2 is 1.84 bits per heavy atom. The first kappa shape index (κ1) is 14.0. The standard InChI is InChI=1S/C13H16IN5/c1-8(2)11-12(16-7-17-13(11)19-15)18-10-6-4-3-5-9(10)14/h3-8H,15H2,1-2H3,(H2,16,17,18,19). The second-order valence-electron chi connectivity index (χ2n) is 4.39. The second-order valence-corrected chi connectivity index (χ2v) is 5.55. The molecule has 0 aliphatic rings. The summed E-state index contributed by atoms with van der Waals surface area (Å²) in [6.07, 6.45) is 1.50. The summed E-state index contributed by atoms with van der Waals surface area (Å²) in [5, 5.41) is 3.34. The van der Waals surface area contributed by atoms with Gasteiger partial charge in [0, 0.05) is 9.13 Å². The summed E-state index contributed by atoms with van der Waals surface area (Å²) in [6, 6.07) is 8.05. The van der Waals surface area contributed by atoms with Gasteiger partial charge < -0.3 is 10.7 Å². The van der Waals surface area contributed by atoms with Gasteiger partial charge in [0.05, 0.1) is 5.69 Å². The largest absolute Gasteiger partial charge is 0.339 e. The van der Waals surface area contributed by atoms with Crippen molar-refractivity contribution in [1.29, 1.82) is 0 Å². The molecular formula is C13H16IN5. The third-order valence-corrected chi connectivity index (χ3v) is 3.67. The number of rotatable bonds is 4. The number of hydrogen-bond donors (Lipinski definition) is 3. The smallest absolute Gasteiger partial charge is 0.148 e. The molecular weight excluding hydrogens is 353 g/mol. The molecule has 100 valence electrons. The van der Waals surface area contributed by atoms with Crippen LogP contribution >= 0.6 is 22.6 Å². The minimum Gasteiger partial charge on any atom is -0.339 e. The summed E-state index contributed by atoms with van der Waals surface area (Å²) >= 11 is 2.29. The quantitative estimate of drug-likeness (QED) is 0.438. The van der Waals surface area contributed by atoms with Crippen molar-refractivity contribution in [3.63, 3.8) is 0 Å². The summed E-state index contributed by atoms with van der Waals surface area (Å²) in [5.41, 5.74) is 4.62. The van der Waals surface area contributed by atoms with Crippen LogP contribution in [0.25, 0.3) is 0 Å². The lowest BCUT2D eigenvalue weighted by molar-refractivity contribution is 0.850. The van der Waals surface area contributed by atoms with Gasteiger partial charge >= 0.3 is 0 Å². The Hall–Kier alpha value is -1.41. The Bertz CT molecular complexity index is 571. The van der Waals surface area contributed by atoms with Crippen LogP contribution in [0.15, 0.2) is 30.6 Å². The first-order chi connectivity index (χ1) is 9.13. The number of para-hydroxylation sites is 1. The number of hydrazine groups is 1. The Morgan fingerprint density at radius 3 is 2.47 bits per heavy atom. The number of nitrogens with zero attached hydrogens (tertiary/aromatic N) is 2. The van der Waals surface area contributed by atoms with Gasteiger partial charge in [0.1, 0.15) is 18.0 Å². The minimum absolute atomic E-state index is 0.260. The summed E-state index contributed by atoms with van der Waals surface area (Å²) < 4.78 is 1.13. The van der Waals surface area contributed by atoms with E-state index in [0.717, 1.165) is 20.6 Å². The highest BCUT2D eigenvalue weighted by molar-refractivity contribution is 14.1. The predicted octanol–water partition coefficient (Wildman–Crippen LogP) is 3.23. The molecule has 19 heavy (non-hydrogen) atoms. The van der Waals surface area contributed by atoms with Gasteiger partial charge in [0.2, 0.25) is 0 Å². The molecule has 0 spiro atoms. The highest BCUT2D eigenvalue weighted by atomic mass is 127. The molecule has 0 saturated carbocycles. The molecule has 6 heteroatoms. The van der Waals surface area contributed by atoms with Crippen LogP contribution in [-0.2, 0) is 0 Å². The molecule has 0 amide bonds. The minimum atomic E-state index is 0.260. The van der Waals surface area contributed by atoms with E-state index in [1.807, 2.05) is 24.3 Å². The fourth-order valence-corrected chi connectivity index (χ4v) is 2.37. The van der Waals surface area contributed by atoms with Crippen LogP contribution < -0.4 is 16.6 Å². The lowest BCUT2D eigenvalue weighted by Gasteiger charge is -2.17. The molecule has 1 aromatic carbocycles. The Balaban J connectivity index is 2.43. The van der Waals surface area contributed by atoms with E-state index >= 15 is 0 Å². The van der Waals surface area contributed by atoms with Crippen molar-refractivity contribution < 1.29 is 0 Å². The highest BCUT2D eigenvalue weighted by Gasteiger charge is 2.15. The molecule has 0 aliphatic heterocycles. The molecule has 2 aromatic rings. The second kappa shape index (κ2) is 6.16. The molecule has 2 rings (SSSR count). The number of anilines is 3. The van der Waals surface area contributed by atoms with Gasteiger partial charge in [0.25, 0.3) is 0 Å². The maximum Gasteiger partial charge on any atom is 0.148 e. The van der Waals surface area contributed by atoms with E-state index in [9.17, 15) is 0 Å². The van der Waals surface area contributed by atoms with E-state index in [2.05, 4.69) is 57.1 Å². The van der Waals surface area contributed by atoms with Crippen LogP contribution in [0.4, 0.5) is 17.3 Å². The molecule has 1 heterocycles. The molecule has 0 saturated heterocycles. The van der Waals surface area contributed by atoms with E-state index in [-0.39, 0.29) is 5.92 Å². The fraction of sp³-hybridized carbons (Fsp3) is 0.231. The van der Waals surface area contributed by atoms with Crippen LogP contribution in [0.5, 0.6) is 0 Å². The van der Waals surface area contributed by atoms with Crippen LogP contribution in [0.1, 0.15) is 25.3 Å². The molecule has 0 aliphatic carbocycles. The third kappa shape index (κ3) is 3.13. The monoisotopic (exact) mass is 369 g/mol. The van der Waals surface area contributed by atoms with E-state index in [0.29, 0.717) is 5.82 Å². The fourth-order valence-electron chi connectivity index (χ4n) is 1.85. The van der Waals surface area contributed by atoms with E-state index in [1.165, 1.54) is 6.33 Å². The SMILES string of the molecule is CC(C)c1c(NN)ncnc1Nc1ccccc1I. The van der Waals surface area contributed by atoms with Gasteiger partial charge in [-0.15, -0.1) is 0 Å². The zero-order valence-corrected chi connectivity index (χ0v) is 13.0. The summed E-state index contributed by atoms with van der Waals surface area (Å²) in [5.74, 6) is 7.20. The van der Waals surface area contributed by atoms with Gasteiger partial charge in [-0.2, -0.15) is 0 Å². The number of halogens is 1. The zero-order chi connectivity index (χ0) is 13.8. The summed E-state index contributed by atoms with van der Waals surface area (Å²) in [7, 11) is 0. The number of aromatic nitrogens is 2. The van der Waals surface area contributed by atoms with Crippen LogP contribution in [0, 0.1) is 3.57 Å². The van der Waals surface area contributed by atoms with Crippen molar-refractivity contribution in [2.45, 2.75) is 19.8 Å². The molecule has 0 bridgehead atoms. The van der Waals surface area contributed by atoms with Crippen LogP contribution in [-0.4, -0.2) is 9.97 Å². The maximum atomic E-state index is 5.51. The first-order valence-corrected chi connectivity index (χ1v) is 7.04. The molecule has 0 fully saturated rings. The highest BCUT2D eigenvalue weighted by Crippen LogP contribution is 2.30. The van der Waals surface area contributed by atoms with Crippen molar-refractivity contribution in [1.82, 2.24) is 9.97 Å². The molecule has 0 radical (unpaired) electrons. The Labute approximate surface area is 126 Å². The number of hydrogen-bond acceptors (Lipinski definition) is 5. The van der Waals surface area contributed by atoms with E-state index < -0.39 is 0 Å². The lowest BCUT2D eigenvalue weighted by Crippen LogP contribution is -2.14. The molecule has 4 N–H and O–H groups in total. The molecule has 0 unspecified atom stereocenters. The average molecular weight is 369 g/mol. The first-order valence-electron chi connectivity index (χ1n) is 5.96. The predicted molar refractivity (Wildman–Crippen MR) is 86.4 cm³/mol. The van der Waals surface area contributed by atoms with Crippen molar-refractivity contribution in [2.24, 2.45) is 5.84 Å². The Kier molecular flexibility index (Phi) is 4.54. The molecule has 0 atom stereocenters. The van der Waals surface area contributed by atoms with Gasteiger partial charge in [-0.1, -0.05) is 26.0 Å². The van der Waals surface area contributed by atoms with Gasteiger partial charge in [0.15, 0.2) is 0 Å². The number of nitrogens with one attached hydrogen (secondary N) is 2. The number of nitrogen functional groups attached to an aromatic ring is 1. The Morgan fingerprint density at radius 1 is 1.16 bits per heavy atom. The summed E-state index contributed by atoms with van der Waals surface area (Å²) in [6.45, 7) is 4.17. The van der Waals surface area contributed by atoms with E-state index in [4.69, 9.17) is 5.84 Å². The topological polar surface area (TPSA) is 75.9 Å². The van der Waals surface area contributed by atoms with E-state index in [1.54, 1.807) is 0 Å². The van der Waals surface area contributed by atoms with Crippen LogP contribution in [0.3, 0.4) is 0 Å². The molecule has 1 aromatic heterocycles. The van der Waals surface area contributed by atoms with Crippen molar-refractivity contribution in [3.05, 3.63) is 39.7 Å². The van der Waals surface area contributed by atoms with Gasteiger partial charge in [-0.25, -0.2) is 15.8 Å².